The van der Waals surface area contributed by atoms with Crippen molar-refractivity contribution < 1.29 is 14.3 Å². The molecule has 26 heavy (non-hydrogen) atoms. The number of hydrogen-bond acceptors (Lipinski definition) is 4. The third-order valence-corrected chi connectivity index (χ3v) is 6.02. The van der Waals surface area contributed by atoms with Gasteiger partial charge in [-0.25, -0.2) is 4.79 Å². The lowest BCUT2D eigenvalue weighted by Crippen LogP contribution is -2.35. The Kier molecular flexibility index (Phi) is 5.77. The van der Waals surface area contributed by atoms with Gasteiger partial charge in [0.25, 0.3) is 5.91 Å². The number of benzene rings is 1. The number of hydrogen-bond donors (Lipinski definition) is 0. The van der Waals surface area contributed by atoms with Crippen LogP contribution in [0.25, 0.3) is 0 Å². The summed E-state index contributed by atoms with van der Waals surface area (Å²) in [6.45, 7) is 6.43. The molecule has 4 nitrogen and oxygen atoms in total. The molecule has 0 saturated carbocycles. The number of para-hydroxylation sites is 1. The number of anilines is 1. The molecule has 0 fully saturated rings. The molecule has 1 aromatic heterocycles. The van der Waals surface area contributed by atoms with E-state index >= 15 is 0 Å². The standard InChI is InChI=1S/C21H25NO3S/c1-4-22(18-8-6-5-7-15(18)3)20(23)12-25-21(24)17-13-26-19-11-14(2)9-10-16(17)19/h5-8,13-14H,4,9-12H2,1-3H3/t14-/m1/s1. The Hall–Kier alpha value is -2.14. The van der Waals surface area contributed by atoms with Gasteiger partial charge in [-0.3, -0.25) is 4.79 Å². The van der Waals surface area contributed by atoms with Gasteiger partial charge in [-0.05, 0) is 56.2 Å². The molecule has 138 valence electrons. The topological polar surface area (TPSA) is 46.6 Å². The first-order valence-corrected chi connectivity index (χ1v) is 10.0. The summed E-state index contributed by atoms with van der Waals surface area (Å²) in [5.74, 6) is 0.0814. The van der Waals surface area contributed by atoms with Crippen LogP contribution < -0.4 is 4.90 Å². The zero-order valence-corrected chi connectivity index (χ0v) is 16.4. The summed E-state index contributed by atoms with van der Waals surface area (Å²) in [6.07, 6.45) is 3.05. The maximum Gasteiger partial charge on any atom is 0.339 e. The summed E-state index contributed by atoms with van der Waals surface area (Å²) in [4.78, 5) is 28.0. The molecule has 1 aromatic carbocycles. The third kappa shape index (κ3) is 3.83. The molecule has 0 bridgehead atoms. The van der Waals surface area contributed by atoms with E-state index in [1.807, 2.05) is 43.5 Å². The number of fused-ring (bicyclic) bond motifs is 1. The summed E-state index contributed by atoms with van der Waals surface area (Å²) in [5, 5.41) is 1.88. The fourth-order valence-electron chi connectivity index (χ4n) is 3.48. The number of likely N-dealkylation sites (N-methyl/N-ethyl adjacent to an activating group) is 1. The van der Waals surface area contributed by atoms with Gasteiger partial charge >= 0.3 is 5.97 Å². The second kappa shape index (κ2) is 8.04. The minimum atomic E-state index is -0.383. The zero-order valence-electron chi connectivity index (χ0n) is 15.6. The Morgan fingerprint density at radius 1 is 1.31 bits per heavy atom. The summed E-state index contributed by atoms with van der Waals surface area (Å²) < 4.78 is 5.36. The molecule has 0 unspecified atom stereocenters. The molecule has 0 spiro atoms. The highest BCUT2D eigenvalue weighted by Gasteiger charge is 2.25. The van der Waals surface area contributed by atoms with Crippen molar-refractivity contribution in [1.29, 1.82) is 0 Å². The lowest BCUT2D eigenvalue weighted by molar-refractivity contribution is -0.121. The average Bonchev–Trinajstić information content (AvgIpc) is 3.05. The van der Waals surface area contributed by atoms with Crippen molar-refractivity contribution in [2.24, 2.45) is 5.92 Å². The zero-order chi connectivity index (χ0) is 18.7. The lowest BCUT2D eigenvalue weighted by atomic mass is 9.88. The van der Waals surface area contributed by atoms with Gasteiger partial charge in [-0.2, -0.15) is 0 Å². The van der Waals surface area contributed by atoms with Crippen LogP contribution in [0.3, 0.4) is 0 Å². The summed E-state index contributed by atoms with van der Waals surface area (Å²) in [6, 6.07) is 7.73. The van der Waals surface area contributed by atoms with Gasteiger partial charge in [-0.1, -0.05) is 25.1 Å². The van der Waals surface area contributed by atoms with E-state index < -0.39 is 0 Å². The van der Waals surface area contributed by atoms with Crippen molar-refractivity contribution in [2.45, 2.75) is 40.0 Å². The third-order valence-electron chi connectivity index (χ3n) is 4.97. The minimum absolute atomic E-state index is 0.201. The van der Waals surface area contributed by atoms with Crippen molar-refractivity contribution in [3.63, 3.8) is 0 Å². The van der Waals surface area contributed by atoms with E-state index in [9.17, 15) is 9.59 Å². The van der Waals surface area contributed by atoms with Crippen molar-refractivity contribution in [3.05, 3.63) is 51.2 Å². The fraction of sp³-hybridized carbons (Fsp3) is 0.429. The van der Waals surface area contributed by atoms with E-state index in [-0.39, 0.29) is 18.5 Å². The van der Waals surface area contributed by atoms with Crippen LogP contribution in [0.15, 0.2) is 29.6 Å². The molecule has 0 saturated heterocycles. The van der Waals surface area contributed by atoms with Crippen LogP contribution in [0.4, 0.5) is 5.69 Å². The predicted octanol–water partition coefficient (Wildman–Crippen LogP) is 4.39. The van der Waals surface area contributed by atoms with Gasteiger partial charge in [0.05, 0.1) is 5.56 Å². The molecule has 1 aliphatic rings. The number of thiophene rings is 1. The largest absolute Gasteiger partial charge is 0.452 e. The number of carbonyl (C=O) groups excluding carboxylic acids is 2. The van der Waals surface area contributed by atoms with Gasteiger partial charge in [0.15, 0.2) is 6.61 Å². The molecular formula is C21H25NO3S. The summed E-state index contributed by atoms with van der Waals surface area (Å²) in [5.41, 5.74) is 3.65. The molecule has 0 N–H and O–H groups in total. The van der Waals surface area contributed by atoms with Crippen LogP contribution >= 0.6 is 11.3 Å². The Labute approximate surface area is 158 Å². The van der Waals surface area contributed by atoms with Crippen LogP contribution in [0.1, 0.15) is 46.6 Å². The Balaban J connectivity index is 1.66. The number of carbonyl (C=O) groups is 2. The SMILES string of the molecule is CCN(C(=O)COC(=O)c1csc2c1CC[C@@H](C)C2)c1ccccc1C. The van der Waals surface area contributed by atoms with Crippen molar-refractivity contribution in [3.8, 4) is 0 Å². The normalized spacial score (nSPS) is 16.0. The highest BCUT2D eigenvalue weighted by atomic mass is 32.1. The molecule has 1 amide bonds. The highest BCUT2D eigenvalue weighted by Crippen LogP contribution is 2.33. The molecule has 1 aliphatic carbocycles. The first-order valence-electron chi connectivity index (χ1n) is 9.13. The maximum absolute atomic E-state index is 12.6. The van der Waals surface area contributed by atoms with Gasteiger partial charge in [0, 0.05) is 22.5 Å². The Morgan fingerprint density at radius 2 is 2.08 bits per heavy atom. The van der Waals surface area contributed by atoms with Gasteiger partial charge < -0.3 is 9.64 Å². The van der Waals surface area contributed by atoms with Gasteiger partial charge in [0.1, 0.15) is 0 Å². The maximum atomic E-state index is 12.6. The van der Waals surface area contributed by atoms with Crippen LogP contribution in [-0.4, -0.2) is 25.0 Å². The molecule has 1 heterocycles. The predicted molar refractivity (Wildman–Crippen MR) is 105 cm³/mol. The van der Waals surface area contributed by atoms with E-state index in [0.29, 0.717) is 18.0 Å². The number of rotatable bonds is 5. The number of esters is 1. The van der Waals surface area contributed by atoms with Crippen LogP contribution in [0.5, 0.6) is 0 Å². The molecular weight excluding hydrogens is 346 g/mol. The fourth-order valence-corrected chi connectivity index (χ4v) is 4.71. The molecule has 1 atom stereocenters. The number of aryl methyl sites for hydroxylation is 1. The smallest absolute Gasteiger partial charge is 0.339 e. The number of ether oxygens (including phenoxy) is 1. The summed E-state index contributed by atoms with van der Waals surface area (Å²) >= 11 is 1.63. The Bertz CT molecular complexity index is 811. The second-order valence-corrected chi connectivity index (χ2v) is 7.86. The van der Waals surface area contributed by atoms with E-state index in [0.717, 1.165) is 36.1 Å². The van der Waals surface area contributed by atoms with E-state index in [1.165, 1.54) is 4.88 Å². The second-order valence-electron chi connectivity index (χ2n) is 6.90. The monoisotopic (exact) mass is 371 g/mol. The number of amides is 1. The molecule has 3 rings (SSSR count). The quantitative estimate of drug-likeness (QED) is 0.732. The van der Waals surface area contributed by atoms with Crippen LogP contribution in [0.2, 0.25) is 0 Å². The minimum Gasteiger partial charge on any atom is -0.452 e. The van der Waals surface area contributed by atoms with Crippen molar-refractivity contribution in [2.75, 3.05) is 18.1 Å². The van der Waals surface area contributed by atoms with Crippen molar-refractivity contribution >= 4 is 28.9 Å². The average molecular weight is 372 g/mol. The highest BCUT2D eigenvalue weighted by molar-refractivity contribution is 7.10. The van der Waals surface area contributed by atoms with Gasteiger partial charge in [0.2, 0.25) is 0 Å². The Morgan fingerprint density at radius 3 is 2.81 bits per heavy atom. The molecule has 0 aliphatic heterocycles. The van der Waals surface area contributed by atoms with E-state index in [2.05, 4.69) is 6.92 Å². The number of nitrogens with zero attached hydrogens (tertiary/aromatic N) is 1. The van der Waals surface area contributed by atoms with Crippen molar-refractivity contribution in [1.82, 2.24) is 0 Å². The lowest BCUT2D eigenvalue weighted by Gasteiger charge is -2.23. The molecule has 2 aromatic rings. The van der Waals surface area contributed by atoms with E-state index in [4.69, 9.17) is 4.74 Å². The van der Waals surface area contributed by atoms with Gasteiger partial charge in [-0.15, -0.1) is 11.3 Å². The first kappa shape index (κ1) is 18.6. The van der Waals surface area contributed by atoms with Crippen LogP contribution in [-0.2, 0) is 22.4 Å². The molecule has 5 heteroatoms. The van der Waals surface area contributed by atoms with Crippen LogP contribution in [0, 0.1) is 12.8 Å². The molecule has 0 radical (unpaired) electrons. The summed E-state index contributed by atoms with van der Waals surface area (Å²) in [7, 11) is 0. The first-order chi connectivity index (χ1) is 12.5. The van der Waals surface area contributed by atoms with E-state index in [1.54, 1.807) is 16.2 Å².